The third-order valence-corrected chi connectivity index (χ3v) is 4.54. The van der Waals surface area contributed by atoms with E-state index in [2.05, 4.69) is 20.1 Å². The van der Waals surface area contributed by atoms with Gasteiger partial charge in [0, 0.05) is 11.9 Å². The maximum absolute atomic E-state index is 12.2. The Labute approximate surface area is 172 Å². The van der Waals surface area contributed by atoms with Gasteiger partial charge in [0.15, 0.2) is 0 Å². The summed E-state index contributed by atoms with van der Waals surface area (Å²) in [6, 6.07) is 16.9. The average molecular weight is 401 g/mol. The highest BCUT2D eigenvalue weighted by atomic mass is 16.6. The monoisotopic (exact) mass is 401 g/mol. The van der Waals surface area contributed by atoms with Gasteiger partial charge in [-0.3, -0.25) is 10.1 Å². The van der Waals surface area contributed by atoms with Crippen LogP contribution in [0, 0.1) is 24.0 Å². The molecular weight excluding hydrogens is 382 g/mol. The molecule has 0 aliphatic carbocycles. The van der Waals surface area contributed by atoms with Crippen LogP contribution in [-0.2, 0) is 6.54 Å². The van der Waals surface area contributed by atoms with Crippen LogP contribution in [0.3, 0.4) is 0 Å². The van der Waals surface area contributed by atoms with Gasteiger partial charge in [0.2, 0.25) is 11.6 Å². The quantitative estimate of drug-likeness (QED) is 0.356. The van der Waals surface area contributed by atoms with E-state index in [9.17, 15) is 10.1 Å². The van der Waals surface area contributed by atoms with E-state index in [0.29, 0.717) is 12.4 Å². The minimum absolute atomic E-state index is 0.115. The van der Waals surface area contributed by atoms with Gasteiger partial charge in [0.1, 0.15) is 12.1 Å². The zero-order chi connectivity index (χ0) is 21.1. The first-order valence-corrected chi connectivity index (χ1v) is 9.30. The Kier molecular flexibility index (Phi) is 5.17. The van der Waals surface area contributed by atoms with Crippen molar-refractivity contribution in [2.45, 2.75) is 20.4 Å². The van der Waals surface area contributed by atoms with E-state index in [-0.39, 0.29) is 17.3 Å². The van der Waals surface area contributed by atoms with Crippen LogP contribution in [-0.4, -0.2) is 29.7 Å². The number of rotatable bonds is 6. The molecule has 0 spiro atoms. The molecule has 0 saturated carbocycles. The lowest BCUT2D eigenvalue weighted by atomic mass is 10.2. The van der Waals surface area contributed by atoms with Crippen molar-refractivity contribution in [1.29, 1.82) is 0 Å². The summed E-state index contributed by atoms with van der Waals surface area (Å²) in [5, 5.41) is 16.5. The van der Waals surface area contributed by atoms with E-state index in [1.165, 1.54) is 11.0 Å². The highest BCUT2D eigenvalue weighted by molar-refractivity contribution is 5.71. The predicted octanol–water partition coefficient (Wildman–Crippen LogP) is 3.92. The largest absolute Gasteiger partial charge is 0.356 e. The molecule has 4 aromatic rings. The smallest absolute Gasteiger partial charge is 0.301 e. The van der Waals surface area contributed by atoms with Gasteiger partial charge in [-0.1, -0.05) is 36.4 Å². The summed E-state index contributed by atoms with van der Waals surface area (Å²) in [6.07, 6.45) is 2.96. The van der Waals surface area contributed by atoms with Gasteiger partial charge in [-0.05, 0) is 37.6 Å². The molecule has 30 heavy (non-hydrogen) atoms. The summed E-state index contributed by atoms with van der Waals surface area (Å²) >= 11 is 0. The molecule has 0 unspecified atom stereocenters. The molecular formula is C21H19N7O2. The minimum atomic E-state index is -0.470. The van der Waals surface area contributed by atoms with Crippen molar-refractivity contribution in [3.63, 3.8) is 0 Å². The van der Waals surface area contributed by atoms with Crippen LogP contribution in [0.5, 0.6) is 0 Å². The molecule has 9 heteroatoms. The van der Waals surface area contributed by atoms with Crippen molar-refractivity contribution in [2.24, 2.45) is 0 Å². The normalized spacial score (nSPS) is 10.7. The first-order chi connectivity index (χ1) is 14.5. The van der Waals surface area contributed by atoms with Gasteiger partial charge in [-0.25, -0.2) is 19.6 Å². The van der Waals surface area contributed by atoms with Crippen LogP contribution >= 0.6 is 0 Å². The van der Waals surface area contributed by atoms with Crippen molar-refractivity contribution in [3.8, 4) is 5.82 Å². The molecule has 0 atom stereocenters. The fourth-order valence-electron chi connectivity index (χ4n) is 3.26. The van der Waals surface area contributed by atoms with Crippen LogP contribution < -0.4 is 4.90 Å². The van der Waals surface area contributed by atoms with Gasteiger partial charge in [-0.15, -0.1) is 0 Å². The molecule has 0 radical (unpaired) electrons. The first-order valence-electron chi connectivity index (χ1n) is 9.30. The number of nitro groups is 1. The Hall–Kier alpha value is -4.14. The summed E-state index contributed by atoms with van der Waals surface area (Å²) in [4.78, 5) is 26.3. The summed E-state index contributed by atoms with van der Waals surface area (Å²) in [6.45, 7) is 4.01. The third-order valence-electron chi connectivity index (χ3n) is 4.54. The molecule has 1 aromatic carbocycles. The van der Waals surface area contributed by atoms with Gasteiger partial charge in [-0.2, -0.15) is 5.10 Å². The molecule has 0 N–H and O–H groups in total. The molecule has 0 aliphatic rings. The Morgan fingerprint density at radius 3 is 2.43 bits per heavy atom. The van der Waals surface area contributed by atoms with Gasteiger partial charge >= 0.3 is 5.69 Å². The van der Waals surface area contributed by atoms with Gasteiger partial charge in [0.05, 0.1) is 17.2 Å². The molecule has 3 aromatic heterocycles. The van der Waals surface area contributed by atoms with E-state index in [1.807, 2.05) is 56.3 Å². The highest BCUT2D eigenvalue weighted by Gasteiger charge is 2.30. The second-order valence-electron chi connectivity index (χ2n) is 6.73. The van der Waals surface area contributed by atoms with E-state index in [0.717, 1.165) is 17.0 Å². The molecule has 0 aliphatic heterocycles. The molecule has 4 rings (SSSR count). The summed E-state index contributed by atoms with van der Waals surface area (Å²) in [5.41, 5.74) is 2.22. The summed E-state index contributed by atoms with van der Waals surface area (Å²) < 4.78 is 1.47. The molecule has 150 valence electrons. The van der Waals surface area contributed by atoms with Crippen LogP contribution in [0.2, 0.25) is 0 Å². The van der Waals surface area contributed by atoms with E-state index in [1.54, 1.807) is 23.2 Å². The van der Waals surface area contributed by atoms with Crippen molar-refractivity contribution in [2.75, 3.05) is 4.90 Å². The van der Waals surface area contributed by atoms with Crippen LogP contribution in [0.25, 0.3) is 5.82 Å². The Bertz CT molecular complexity index is 1180. The predicted molar refractivity (Wildman–Crippen MR) is 112 cm³/mol. The van der Waals surface area contributed by atoms with Crippen molar-refractivity contribution in [1.82, 2.24) is 24.7 Å². The standard InChI is InChI=1S/C21H19N7O2/c1-15-12-16(2)27(25-15)21-19(28(29)30)20(23-14-24-21)26(18-10-6-7-11-22-18)13-17-8-4-3-5-9-17/h3-12,14H,13H2,1-2H3. The lowest BCUT2D eigenvalue weighted by molar-refractivity contribution is -0.384. The molecule has 3 heterocycles. The topological polar surface area (TPSA) is 103 Å². The highest BCUT2D eigenvalue weighted by Crippen LogP contribution is 2.35. The number of aromatic nitrogens is 5. The van der Waals surface area contributed by atoms with Crippen molar-refractivity contribution < 1.29 is 4.92 Å². The average Bonchev–Trinajstić information content (AvgIpc) is 3.10. The second-order valence-corrected chi connectivity index (χ2v) is 6.73. The Morgan fingerprint density at radius 2 is 1.80 bits per heavy atom. The zero-order valence-electron chi connectivity index (χ0n) is 16.5. The fourth-order valence-corrected chi connectivity index (χ4v) is 3.26. The molecule has 0 amide bonds. The maximum Gasteiger partial charge on any atom is 0.356 e. The number of hydrogen-bond acceptors (Lipinski definition) is 7. The van der Waals surface area contributed by atoms with Crippen LogP contribution in [0.4, 0.5) is 17.3 Å². The molecule has 9 nitrogen and oxygen atoms in total. The summed E-state index contributed by atoms with van der Waals surface area (Å²) in [5.74, 6) is 0.812. The van der Waals surface area contributed by atoms with Crippen molar-refractivity contribution >= 4 is 17.3 Å². The Morgan fingerprint density at radius 1 is 1.03 bits per heavy atom. The van der Waals surface area contributed by atoms with E-state index in [4.69, 9.17) is 0 Å². The lowest BCUT2D eigenvalue weighted by Gasteiger charge is -2.23. The Balaban J connectivity index is 1.91. The van der Waals surface area contributed by atoms with Gasteiger partial charge < -0.3 is 4.90 Å². The van der Waals surface area contributed by atoms with Gasteiger partial charge in [0.25, 0.3) is 0 Å². The minimum Gasteiger partial charge on any atom is -0.301 e. The number of nitrogens with zero attached hydrogens (tertiary/aromatic N) is 7. The first kappa shape index (κ1) is 19.2. The molecule has 0 bridgehead atoms. The number of anilines is 2. The molecule has 0 fully saturated rings. The molecule has 0 saturated heterocycles. The SMILES string of the molecule is Cc1cc(C)n(-c2ncnc(N(Cc3ccccc3)c3ccccn3)c2[N+](=O)[O-])n1. The maximum atomic E-state index is 12.2. The second kappa shape index (κ2) is 8.08. The summed E-state index contributed by atoms with van der Waals surface area (Å²) in [7, 11) is 0. The van der Waals surface area contributed by atoms with E-state index < -0.39 is 4.92 Å². The van der Waals surface area contributed by atoms with E-state index >= 15 is 0 Å². The third kappa shape index (κ3) is 3.72. The number of aryl methyl sites for hydroxylation is 2. The lowest BCUT2D eigenvalue weighted by Crippen LogP contribution is -2.21. The van der Waals surface area contributed by atoms with Crippen molar-refractivity contribution in [3.05, 3.63) is 94.2 Å². The number of pyridine rings is 1. The fraction of sp³-hybridized carbons (Fsp3) is 0.143. The number of benzene rings is 1. The van der Waals surface area contributed by atoms with Crippen LogP contribution in [0.15, 0.2) is 67.1 Å². The number of hydrogen-bond donors (Lipinski definition) is 0. The zero-order valence-corrected chi connectivity index (χ0v) is 16.5. The van der Waals surface area contributed by atoms with Crippen LogP contribution in [0.1, 0.15) is 17.0 Å².